The van der Waals surface area contributed by atoms with Crippen LogP contribution in [0.4, 0.5) is 0 Å². The number of rotatable bonds is 4. The van der Waals surface area contributed by atoms with Crippen LogP contribution in [0, 0.1) is 0 Å². The Morgan fingerprint density at radius 1 is 1.65 bits per heavy atom. The van der Waals surface area contributed by atoms with E-state index in [1.54, 1.807) is 13.2 Å². The van der Waals surface area contributed by atoms with Crippen molar-refractivity contribution in [2.24, 2.45) is 0 Å². The molecule has 2 rings (SSSR count). The number of imidazole rings is 1. The van der Waals surface area contributed by atoms with Crippen LogP contribution in [0.25, 0.3) is 0 Å². The lowest BCUT2D eigenvalue weighted by molar-refractivity contribution is -0.139. The fourth-order valence-corrected chi connectivity index (χ4v) is 2.09. The average molecular weight is 239 g/mol. The van der Waals surface area contributed by atoms with Crippen molar-refractivity contribution in [2.75, 3.05) is 20.3 Å². The number of nitrogens with zero attached hydrogens (tertiary/aromatic N) is 1. The zero-order valence-corrected chi connectivity index (χ0v) is 9.77. The van der Waals surface area contributed by atoms with Crippen molar-refractivity contribution in [1.29, 1.82) is 0 Å². The summed E-state index contributed by atoms with van der Waals surface area (Å²) in [7, 11) is 1.61. The Balaban J connectivity index is 2.11. The second kappa shape index (κ2) is 5.29. The highest BCUT2D eigenvalue weighted by Crippen LogP contribution is 2.26. The quantitative estimate of drug-likeness (QED) is 0.718. The number of carboxylic acid groups (broad SMARTS) is 1. The van der Waals surface area contributed by atoms with Crippen molar-refractivity contribution in [1.82, 2.24) is 15.3 Å². The van der Waals surface area contributed by atoms with Crippen molar-refractivity contribution < 1.29 is 14.6 Å². The highest BCUT2D eigenvalue weighted by atomic mass is 16.5. The molecular weight excluding hydrogens is 222 g/mol. The third-order valence-electron chi connectivity index (χ3n) is 3.09. The predicted molar refractivity (Wildman–Crippen MR) is 60.8 cm³/mol. The van der Waals surface area contributed by atoms with Crippen molar-refractivity contribution in [3.05, 3.63) is 17.7 Å². The number of carboxylic acids is 1. The van der Waals surface area contributed by atoms with Crippen molar-refractivity contribution >= 4 is 5.97 Å². The van der Waals surface area contributed by atoms with Crippen LogP contribution in [0.15, 0.2) is 6.20 Å². The number of nitrogens with one attached hydrogen (secondary N) is 2. The summed E-state index contributed by atoms with van der Waals surface area (Å²) < 4.78 is 5.29. The van der Waals surface area contributed by atoms with Crippen LogP contribution in [-0.2, 0) is 9.53 Å². The summed E-state index contributed by atoms with van der Waals surface area (Å²) in [5.41, 5.74) is 1.00. The van der Waals surface area contributed by atoms with Gasteiger partial charge in [0.05, 0.1) is 0 Å². The lowest BCUT2D eigenvalue weighted by Gasteiger charge is -2.20. The van der Waals surface area contributed by atoms with Crippen LogP contribution >= 0.6 is 0 Å². The summed E-state index contributed by atoms with van der Waals surface area (Å²) in [5.74, 6) is -0.0711. The first kappa shape index (κ1) is 12.1. The standard InChI is InChI=1S/C11H17N3O3/c1-12-9(11(15)16)10-13-6-8(14-10)7-2-4-17-5-3-7/h6-7,9,12H,2-5H2,1H3,(H,13,14)(H,15,16). The second-order valence-corrected chi connectivity index (χ2v) is 4.17. The molecule has 1 fully saturated rings. The molecule has 1 aliphatic heterocycles. The topological polar surface area (TPSA) is 87.2 Å². The van der Waals surface area contributed by atoms with Crippen LogP contribution in [0.3, 0.4) is 0 Å². The Hall–Kier alpha value is -1.40. The number of hydrogen-bond acceptors (Lipinski definition) is 4. The largest absolute Gasteiger partial charge is 0.480 e. The molecule has 3 N–H and O–H groups in total. The summed E-state index contributed by atoms with van der Waals surface area (Å²) in [6.07, 6.45) is 3.65. The molecule has 0 radical (unpaired) electrons. The fourth-order valence-electron chi connectivity index (χ4n) is 2.09. The first-order valence-electron chi connectivity index (χ1n) is 5.75. The molecular formula is C11H17N3O3. The third-order valence-corrected chi connectivity index (χ3v) is 3.09. The molecule has 1 aromatic heterocycles. The van der Waals surface area contributed by atoms with Gasteiger partial charge in [0.15, 0.2) is 6.04 Å². The van der Waals surface area contributed by atoms with Gasteiger partial charge in [-0.15, -0.1) is 0 Å². The van der Waals surface area contributed by atoms with Gasteiger partial charge in [0.2, 0.25) is 0 Å². The SMILES string of the molecule is CNC(C(=O)O)c1ncc(C2CCOCC2)[nH]1. The van der Waals surface area contributed by atoms with E-state index in [-0.39, 0.29) is 0 Å². The van der Waals surface area contributed by atoms with Gasteiger partial charge in [0.1, 0.15) is 5.82 Å². The molecule has 94 valence electrons. The summed E-state index contributed by atoms with van der Waals surface area (Å²) in [6, 6.07) is -0.774. The van der Waals surface area contributed by atoms with Gasteiger partial charge >= 0.3 is 5.97 Å². The molecule has 1 unspecified atom stereocenters. The Bertz CT molecular complexity index is 385. The fraction of sp³-hybridized carbons (Fsp3) is 0.636. The van der Waals surface area contributed by atoms with Gasteiger partial charge in [-0.3, -0.25) is 4.79 Å². The first-order valence-corrected chi connectivity index (χ1v) is 5.75. The van der Waals surface area contributed by atoms with Gasteiger partial charge in [-0.05, 0) is 19.9 Å². The smallest absolute Gasteiger partial charge is 0.328 e. The second-order valence-electron chi connectivity index (χ2n) is 4.17. The van der Waals surface area contributed by atoms with Gasteiger partial charge in [0, 0.05) is 31.0 Å². The number of ether oxygens (including phenoxy) is 1. The molecule has 0 spiro atoms. The average Bonchev–Trinajstić information content (AvgIpc) is 2.80. The van der Waals surface area contributed by atoms with E-state index < -0.39 is 12.0 Å². The Morgan fingerprint density at radius 2 is 2.35 bits per heavy atom. The van der Waals surface area contributed by atoms with E-state index in [9.17, 15) is 4.79 Å². The molecule has 0 amide bonds. The first-order chi connectivity index (χ1) is 8.22. The molecule has 0 aliphatic carbocycles. The molecule has 1 saturated heterocycles. The molecule has 0 saturated carbocycles. The van der Waals surface area contributed by atoms with Gasteiger partial charge in [-0.25, -0.2) is 4.98 Å². The lowest BCUT2D eigenvalue weighted by Crippen LogP contribution is -2.26. The lowest BCUT2D eigenvalue weighted by atomic mass is 9.97. The van der Waals surface area contributed by atoms with Crippen LogP contribution in [-0.4, -0.2) is 41.3 Å². The minimum absolute atomic E-state index is 0.399. The van der Waals surface area contributed by atoms with E-state index in [0.717, 1.165) is 31.7 Å². The van der Waals surface area contributed by atoms with Crippen LogP contribution < -0.4 is 5.32 Å². The minimum Gasteiger partial charge on any atom is -0.480 e. The number of aromatic amines is 1. The summed E-state index contributed by atoms with van der Waals surface area (Å²) in [6.45, 7) is 1.51. The maximum absolute atomic E-state index is 11.0. The van der Waals surface area contributed by atoms with E-state index in [2.05, 4.69) is 15.3 Å². The zero-order chi connectivity index (χ0) is 12.3. The number of aromatic nitrogens is 2. The number of aliphatic carboxylic acids is 1. The normalized spacial score (nSPS) is 19.1. The van der Waals surface area contributed by atoms with Crippen molar-refractivity contribution in [3.63, 3.8) is 0 Å². The summed E-state index contributed by atoms with van der Waals surface area (Å²) >= 11 is 0. The van der Waals surface area contributed by atoms with Crippen molar-refractivity contribution in [3.8, 4) is 0 Å². The maximum Gasteiger partial charge on any atom is 0.328 e. The molecule has 1 aromatic rings. The predicted octanol–water partition coefficient (Wildman–Crippen LogP) is 0.649. The molecule has 0 aromatic carbocycles. The number of H-pyrrole nitrogens is 1. The van der Waals surface area contributed by atoms with Crippen LogP contribution in [0.2, 0.25) is 0 Å². The Kier molecular flexibility index (Phi) is 3.75. The van der Waals surface area contributed by atoms with Gasteiger partial charge < -0.3 is 20.1 Å². The summed E-state index contributed by atoms with van der Waals surface area (Å²) in [5, 5.41) is 11.7. The minimum atomic E-state index is -0.930. The van der Waals surface area contributed by atoms with Crippen LogP contribution in [0.5, 0.6) is 0 Å². The molecule has 1 aliphatic rings. The van der Waals surface area contributed by atoms with E-state index in [0.29, 0.717) is 11.7 Å². The maximum atomic E-state index is 11.0. The Morgan fingerprint density at radius 3 is 2.94 bits per heavy atom. The highest BCUT2D eigenvalue weighted by Gasteiger charge is 2.23. The van der Waals surface area contributed by atoms with Crippen LogP contribution in [0.1, 0.15) is 36.3 Å². The van der Waals surface area contributed by atoms with E-state index in [1.807, 2.05) is 0 Å². The molecule has 0 bridgehead atoms. The van der Waals surface area contributed by atoms with E-state index in [4.69, 9.17) is 9.84 Å². The molecule has 17 heavy (non-hydrogen) atoms. The van der Waals surface area contributed by atoms with Gasteiger partial charge in [-0.1, -0.05) is 0 Å². The molecule has 1 atom stereocenters. The van der Waals surface area contributed by atoms with Gasteiger partial charge in [-0.2, -0.15) is 0 Å². The number of likely N-dealkylation sites (N-methyl/N-ethyl adjacent to an activating group) is 1. The van der Waals surface area contributed by atoms with E-state index >= 15 is 0 Å². The zero-order valence-electron chi connectivity index (χ0n) is 9.77. The van der Waals surface area contributed by atoms with Crippen molar-refractivity contribution in [2.45, 2.75) is 24.8 Å². The monoisotopic (exact) mass is 239 g/mol. The molecule has 6 nitrogen and oxygen atoms in total. The summed E-state index contributed by atoms with van der Waals surface area (Å²) in [4.78, 5) is 18.2. The number of hydrogen-bond donors (Lipinski definition) is 3. The highest BCUT2D eigenvalue weighted by molar-refractivity contribution is 5.74. The number of carbonyl (C=O) groups is 1. The van der Waals surface area contributed by atoms with Gasteiger partial charge in [0.25, 0.3) is 0 Å². The molecule has 2 heterocycles. The Labute approximate surface area is 99.4 Å². The third kappa shape index (κ3) is 2.65. The van der Waals surface area contributed by atoms with E-state index in [1.165, 1.54) is 0 Å². The molecule has 6 heteroatoms.